The molecule has 4 nitrogen and oxygen atoms in total. The van der Waals surface area contributed by atoms with Crippen LogP contribution in [-0.4, -0.2) is 4.98 Å². The summed E-state index contributed by atoms with van der Waals surface area (Å²) in [6.07, 6.45) is 0. The van der Waals surface area contributed by atoms with Gasteiger partial charge in [-0.25, -0.2) is 4.98 Å². The highest BCUT2D eigenvalue weighted by atomic mass is 16.5. The molecule has 7 aromatic rings. The number of hydrogen-bond acceptors (Lipinski definition) is 4. The van der Waals surface area contributed by atoms with Crippen molar-refractivity contribution in [1.82, 2.24) is 4.98 Å². The average molecular weight is 570 g/mol. The lowest BCUT2D eigenvalue weighted by Crippen LogP contribution is -2.28. The minimum atomic E-state index is 0.761. The van der Waals surface area contributed by atoms with E-state index >= 15 is 0 Å². The van der Waals surface area contributed by atoms with Crippen molar-refractivity contribution < 1.29 is 4.74 Å². The average Bonchev–Trinajstić information content (AvgIpc) is 3.06. The fraction of sp³-hybridized carbons (Fsp3) is 0.0250. The number of nitrogens with zero attached hydrogens (tertiary/aromatic N) is 1. The van der Waals surface area contributed by atoms with Gasteiger partial charge in [-0.2, -0.15) is 0 Å². The zero-order valence-corrected chi connectivity index (χ0v) is 24.4. The van der Waals surface area contributed by atoms with E-state index in [0.717, 1.165) is 72.1 Å². The highest BCUT2D eigenvalue weighted by Gasteiger charge is 2.10. The summed E-state index contributed by atoms with van der Waals surface area (Å²) in [5.41, 5.74) is 8.29. The Kier molecular flexibility index (Phi) is 7.23. The van der Waals surface area contributed by atoms with Crippen LogP contribution in [0.5, 0.6) is 11.5 Å². The van der Waals surface area contributed by atoms with E-state index in [-0.39, 0.29) is 0 Å². The van der Waals surface area contributed by atoms with E-state index in [1.54, 1.807) is 0 Å². The number of pyridine rings is 1. The molecule has 0 bridgehead atoms. The molecule has 6 aromatic carbocycles. The number of para-hydroxylation sites is 2. The van der Waals surface area contributed by atoms with Crippen LogP contribution in [0.15, 0.2) is 146 Å². The van der Waals surface area contributed by atoms with Gasteiger partial charge in [-0.05, 0) is 78.4 Å². The first kappa shape index (κ1) is 27.0. The Balaban J connectivity index is 1.11. The van der Waals surface area contributed by atoms with E-state index in [4.69, 9.17) is 9.72 Å². The van der Waals surface area contributed by atoms with Crippen LogP contribution in [0, 0.1) is 6.92 Å². The molecule has 0 aliphatic rings. The van der Waals surface area contributed by atoms with Gasteiger partial charge in [0.2, 0.25) is 0 Å². The third-order valence-corrected chi connectivity index (χ3v) is 7.77. The molecule has 0 saturated heterocycles. The van der Waals surface area contributed by atoms with Crippen molar-refractivity contribution in [3.8, 4) is 11.5 Å². The number of aryl methyl sites for hydroxylation is 1. The monoisotopic (exact) mass is 569 g/mol. The molecule has 0 spiro atoms. The number of benzene rings is 6. The fourth-order valence-electron chi connectivity index (χ4n) is 5.51. The summed E-state index contributed by atoms with van der Waals surface area (Å²) in [4.78, 5) is 4.83. The van der Waals surface area contributed by atoms with Gasteiger partial charge in [0, 0.05) is 32.9 Å². The minimum Gasteiger partial charge on any atom is -0.457 e. The highest BCUT2D eigenvalue weighted by Crippen LogP contribution is 2.34. The van der Waals surface area contributed by atoms with Crippen molar-refractivity contribution in [2.45, 2.75) is 6.92 Å². The SMILES string of the molecule is C=c1cccc/c1=C(\Nc1ccc(Oc2ccc(Nc3c4ccccc4nc4ccccc34)cc2)cc1)c1ccccc1C. The number of anilines is 3. The van der Waals surface area contributed by atoms with Crippen molar-refractivity contribution in [2.24, 2.45) is 0 Å². The first-order chi connectivity index (χ1) is 21.6. The predicted octanol–water partition coefficient (Wildman–Crippen LogP) is 8.91. The standard InChI is InChI=1S/C40H31N3O/c1-27-11-3-5-13-33(27)39(34-14-6-4-12-28(34)2)41-29-19-23-31(24-20-29)44-32-25-21-30(22-26-32)42-40-35-15-7-9-17-37(35)43-38-18-10-8-16-36(38)40/h3-26,41H,1H2,2H3,(H,42,43)/b39-33+. The van der Waals surface area contributed by atoms with Crippen LogP contribution < -0.4 is 25.8 Å². The number of ether oxygens (including phenoxy) is 1. The summed E-state index contributed by atoms with van der Waals surface area (Å²) >= 11 is 0. The van der Waals surface area contributed by atoms with Gasteiger partial charge < -0.3 is 15.4 Å². The maximum absolute atomic E-state index is 6.21. The molecule has 0 fully saturated rings. The second-order valence-electron chi connectivity index (χ2n) is 10.8. The molecule has 7 rings (SSSR count). The lowest BCUT2D eigenvalue weighted by atomic mass is 10.0. The molecule has 1 heterocycles. The molecule has 0 radical (unpaired) electrons. The molecule has 0 saturated carbocycles. The van der Waals surface area contributed by atoms with Crippen LogP contribution in [0.25, 0.3) is 34.1 Å². The van der Waals surface area contributed by atoms with Crippen LogP contribution >= 0.6 is 0 Å². The van der Waals surface area contributed by atoms with Gasteiger partial charge in [0.1, 0.15) is 11.5 Å². The van der Waals surface area contributed by atoms with E-state index < -0.39 is 0 Å². The molecule has 0 aliphatic heterocycles. The zero-order chi connectivity index (χ0) is 29.9. The van der Waals surface area contributed by atoms with E-state index in [1.165, 1.54) is 5.56 Å². The Morgan fingerprint density at radius 2 is 1.14 bits per heavy atom. The van der Waals surface area contributed by atoms with Crippen molar-refractivity contribution >= 4 is 51.1 Å². The second-order valence-corrected chi connectivity index (χ2v) is 10.8. The summed E-state index contributed by atoms with van der Waals surface area (Å²) in [6.45, 7) is 6.39. The van der Waals surface area contributed by atoms with Gasteiger partial charge >= 0.3 is 0 Å². The van der Waals surface area contributed by atoms with Crippen LogP contribution in [0.1, 0.15) is 11.1 Å². The third-order valence-electron chi connectivity index (χ3n) is 7.77. The third kappa shape index (κ3) is 5.49. The smallest absolute Gasteiger partial charge is 0.127 e. The molecule has 4 heteroatoms. The van der Waals surface area contributed by atoms with Gasteiger partial charge in [-0.15, -0.1) is 0 Å². The number of rotatable bonds is 7. The molecule has 0 unspecified atom stereocenters. The number of fused-ring (bicyclic) bond motifs is 2. The fourth-order valence-corrected chi connectivity index (χ4v) is 5.51. The number of aromatic nitrogens is 1. The van der Waals surface area contributed by atoms with Gasteiger partial charge in [0.15, 0.2) is 0 Å². The van der Waals surface area contributed by atoms with Crippen LogP contribution in [-0.2, 0) is 0 Å². The summed E-state index contributed by atoms with van der Waals surface area (Å²) in [6, 6.07) is 49.1. The van der Waals surface area contributed by atoms with E-state index in [1.807, 2.05) is 103 Å². The Hall–Kier alpha value is -5.87. The van der Waals surface area contributed by atoms with E-state index in [9.17, 15) is 0 Å². The number of nitrogens with one attached hydrogen (secondary N) is 2. The molecular formula is C40H31N3O. The van der Waals surface area contributed by atoms with Gasteiger partial charge in [0.25, 0.3) is 0 Å². The van der Waals surface area contributed by atoms with E-state index in [0.29, 0.717) is 0 Å². The Bertz CT molecular complexity index is 2170. The lowest BCUT2D eigenvalue weighted by molar-refractivity contribution is 0.483. The van der Waals surface area contributed by atoms with Crippen molar-refractivity contribution in [2.75, 3.05) is 10.6 Å². The van der Waals surface area contributed by atoms with Crippen molar-refractivity contribution in [3.63, 3.8) is 0 Å². The topological polar surface area (TPSA) is 46.2 Å². The van der Waals surface area contributed by atoms with Crippen molar-refractivity contribution in [3.05, 3.63) is 167 Å². The highest BCUT2D eigenvalue weighted by molar-refractivity contribution is 6.08. The molecule has 0 atom stereocenters. The summed E-state index contributed by atoms with van der Waals surface area (Å²) < 4.78 is 6.21. The zero-order valence-electron chi connectivity index (χ0n) is 24.4. The summed E-state index contributed by atoms with van der Waals surface area (Å²) in [5, 5.41) is 11.5. The molecular weight excluding hydrogens is 538 g/mol. The Morgan fingerprint density at radius 3 is 1.77 bits per heavy atom. The normalized spacial score (nSPS) is 11.8. The molecule has 2 N–H and O–H groups in total. The van der Waals surface area contributed by atoms with Crippen LogP contribution in [0.3, 0.4) is 0 Å². The van der Waals surface area contributed by atoms with Crippen LogP contribution in [0.4, 0.5) is 17.1 Å². The molecule has 44 heavy (non-hydrogen) atoms. The van der Waals surface area contributed by atoms with Gasteiger partial charge in [-0.1, -0.05) is 91.5 Å². The van der Waals surface area contributed by atoms with Crippen molar-refractivity contribution in [1.29, 1.82) is 0 Å². The predicted molar refractivity (Wildman–Crippen MR) is 184 cm³/mol. The quantitative estimate of drug-likeness (QED) is 0.188. The Morgan fingerprint density at radius 1 is 0.591 bits per heavy atom. The molecule has 0 aliphatic carbocycles. The molecule has 212 valence electrons. The molecule has 1 aromatic heterocycles. The summed E-state index contributed by atoms with van der Waals surface area (Å²) in [5.74, 6) is 1.52. The second kappa shape index (κ2) is 11.8. The maximum Gasteiger partial charge on any atom is 0.127 e. The minimum absolute atomic E-state index is 0.761. The van der Waals surface area contributed by atoms with Crippen LogP contribution in [0.2, 0.25) is 0 Å². The first-order valence-electron chi connectivity index (χ1n) is 14.7. The summed E-state index contributed by atoms with van der Waals surface area (Å²) in [7, 11) is 0. The van der Waals surface area contributed by atoms with E-state index in [2.05, 4.69) is 66.6 Å². The van der Waals surface area contributed by atoms with Gasteiger partial charge in [0.05, 0.1) is 22.4 Å². The Labute approximate surface area is 256 Å². The van der Waals surface area contributed by atoms with Gasteiger partial charge in [-0.3, -0.25) is 0 Å². The molecule has 0 amide bonds. The number of hydrogen-bond donors (Lipinski definition) is 2. The largest absolute Gasteiger partial charge is 0.457 e. The lowest BCUT2D eigenvalue weighted by Gasteiger charge is -2.15. The first-order valence-corrected chi connectivity index (χ1v) is 14.7. The maximum atomic E-state index is 6.21.